The van der Waals surface area contributed by atoms with Crippen molar-refractivity contribution in [2.45, 2.75) is 19.3 Å². The zero-order valence-electron chi connectivity index (χ0n) is 12.5. The number of carbonyl (C=O) groups is 1. The maximum Gasteiger partial charge on any atom is 0.231 e. The summed E-state index contributed by atoms with van der Waals surface area (Å²) in [4.78, 5) is 21.9. The Morgan fingerprint density at radius 3 is 2.96 bits per heavy atom. The summed E-state index contributed by atoms with van der Waals surface area (Å²) in [5.41, 5.74) is 1.85. The summed E-state index contributed by atoms with van der Waals surface area (Å²) in [6, 6.07) is 5.07. The fourth-order valence-electron chi connectivity index (χ4n) is 2.92. The van der Waals surface area contributed by atoms with E-state index in [9.17, 15) is 4.79 Å². The number of rotatable bonds is 4. The van der Waals surface area contributed by atoms with Gasteiger partial charge in [0, 0.05) is 10.4 Å². The number of benzene rings is 1. The molecule has 1 aromatic carbocycles. The van der Waals surface area contributed by atoms with E-state index < -0.39 is 0 Å². The molecular weight excluding hydrogens is 312 g/mol. The van der Waals surface area contributed by atoms with Crippen molar-refractivity contribution in [2.24, 2.45) is 0 Å². The first kappa shape index (κ1) is 14.1. The van der Waals surface area contributed by atoms with Gasteiger partial charge in [0.1, 0.15) is 17.4 Å². The first-order valence-corrected chi connectivity index (χ1v) is 8.18. The van der Waals surface area contributed by atoms with Crippen LogP contribution in [0.5, 0.6) is 17.4 Å². The average molecular weight is 326 g/mol. The predicted molar refractivity (Wildman–Crippen MR) is 87.9 cm³/mol. The fraction of sp³-hybridized carbons (Fsp3) is 0.235. The Kier molecular flexibility index (Phi) is 3.46. The van der Waals surface area contributed by atoms with Crippen molar-refractivity contribution in [1.82, 2.24) is 9.97 Å². The van der Waals surface area contributed by atoms with Crippen molar-refractivity contribution in [3.05, 3.63) is 40.5 Å². The minimum absolute atomic E-state index is 0.508. The van der Waals surface area contributed by atoms with E-state index in [4.69, 9.17) is 9.47 Å². The molecule has 5 nitrogen and oxygen atoms in total. The number of thiophene rings is 1. The van der Waals surface area contributed by atoms with Gasteiger partial charge >= 0.3 is 0 Å². The zero-order valence-corrected chi connectivity index (χ0v) is 13.4. The number of aryl methyl sites for hydroxylation is 2. The van der Waals surface area contributed by atoms with Gasteiger partial charge in [0.05, 0.1) is 12.5 Å². The molecule has 0 spiro atoms. The Bertz CT molecular complexity index is 904. The highest BCUT2D eigenvalue weighted by molar-refractivity contribution is 7.18. The smallest absolute Gasteiger partial charge is 0.231 e. The number of methoxy groups -OCH3 is 1. The quantitative estimate of drug-likeness (QED) is 0.683. The molecular formula is C17H14N2O3S. The molecule has 0 fully saturated rings. The summed E-state index contributed by atoms with van der Waals surface area (Å²) in [5, 5.41) is 1.01. The molecule has 3 aromatic rings. The van der Waals surface area contributed by atoms with E-state index in [2.05, 4.69) is 9.97 Å². The van der Waals surface area contributed by atoms with Crippen LogP contribution in [0.15, 0.2) is 24.5 Å². The van der Waals surface area contributed by atoms with Crippen molar-refractivity contribution in [1.29, 1.82) is 0 Å². The van der Waals surface area contributed by atoms with Crippen LogP contribution >= 0.6 is 11.3 Å². The normalized spacial score (nSPS) is 13.1. The van der Waals surface area contributed by atoms with Crippen molar-refractivity contribution in [3.63, 3.8) is 0 Å². The van der Waals surface area contributed by atoms with Gasteiger partial charge < -0.3 is 9.47 Å². The molecule has 4 rings (SSSR count). The summed E-state index contributed by atoms with van der Waals surface area (Å²) < 4.78 is 11.3. The number of aromatic nitrogens is 2. The van der Waals surface area contributed by atoms with Crippen LogP contribution in [0.2, 0.25) is 0 Å². The van der Waals surface area contributed by atoms with E-state index in [1.807, 2.05) is 0 Å². The largest absolute Gasteiger partial charge is 0.493 e. The minimum atomic E-state index is 0.508. The maximum atomic E-state index is 10.9. The van der Waals surface area contributed by atoms with Crippen LogP contribution in [0.25, 0.3) is 10.2 Å². The van der Waals surface area contributed by atoms with Crippen molar-refractivity contribution in [3.8, 4) is 17.4 Å². The highest BCUT2D eigenvalue weighted by atomic mass is 32.1. The Hall–Kier alpha value is -2.47. The summed E-state index contributed by atoms with van der Waals surface area (Å²) in [6.45, 7) is 0. The third-order valence-corrected chi connectivity index (χ3v) is 5.20. The lowest BCUT2D eigenvalue weighted by Gasteiger charge is -2.11. The first-order valence-electron chi connectivity index (χ1n) is 7.36. The molecule has 0 atom stereocenters. The van der Waals surface area contributed by atoms with Crippen LogP contribution in [0, 0.1) is 0 Å². The second kappa shape index (κ2) is 5.62. The van der Waals surface area contributed by atoms with E-state index in [1.165, 1.54) is 23.2 Å². The predicted octanol–water partition coefficient (Wildman–Crippen LogP) is 3.79. The van der Waals surface area contributed by atoms with Crippen molar-refractivity contribution < 1.29 is 14.3 Å². The second-order valence-corrected chi connectivity index (χ2v) is 6.43. The first-order chi connectivity index (χ1) is 11.3. The van der Waals surface area contributed by atoms with Crippen LogP contribution in [0.3, 0.4) is 0 Å². The second-order valence-electron chi connectivity index (χ2n) is 5.35. The summed E-state index contributed by atoms with van der Waals surface area (Å²) in [7, 11) is 1.55. The third kappa shape index (κ3) is 2.35. The van der Waals surface area contributed by atoms with E-state index in [0.717, 1.165) is 29.3 Å². The standard InChI is InChI=1S/C17H14N2O3S/c1-21-13-7-10(8-20)5-6-12(13)22-16-15-11-3-2-4-14(11)23-17(15)19-9-18-16/h5-9H,2-4H2,1H3. The van der Waals surface area contributed by atoms with Crippen LogP contribution in [-0.2, 0) is 12.8 Å². The molecule has 0 unspecified atom stereocenters. The third-order valence-electron chi connectivity index (χ3n) is 4.00. The van der Waals surface area contributed by atoms with Gasteiger partial charge in [-0.15, -0.1) is 11.3 Å². The molecule has 2 heterocycles. The number of hydrogen-bond acceptors (Lipinski definition) is 6. The SMILES string of the molecule is COc1cc(C=O)ccc1Oc1ncnc2sc3c(c12)CCC3. The van der Waals surface area contributed by atoms with Crippen molar-refractivity contribution in [2.75, 3.05) is 7.11 Å². The monoisotopic (exact) mass is 326 g/mol. The fourth-order valence-corrected chi connectivity index (χ4v) is 4.14. The van der Waals surface area contributed by atoms with E-state index in [0.29, 0.717) is 22.9 Å². The molecule has 0 aliphatic heterocycles. The molecule has 1 aliphatic carbocycles. The maximum absolute atomic E-state index is 10.9. The van der Waals surface area contributed by atoms with Gasteiger partial charge in [0.25, 0.3) is 0 Å². The molecule has 0 radical (unpaired) electrons. The molecule has 2 aromatic heterocycles. The van der Waals surface area contributed by atoms with Gasteiger partial charge in [-0.2, -0.15) is 0 Å². The van der Waals surface area contributed by atoms with Gasteiger partial charge in [0.2, 0.25) is 5.88 Å². The van der Waals surface area contributed by atoms with Crippen LogP contribution in [-0.4, -0.2) is 23.4 Å². The Labute approximate surface area is 136 Å². The Morgan fingerprint density at radius 1 is 1.22 bits per heavy atom. The summed E-state index contributed by atoms with van der Waals surface area (Å²) in [6.07, 6.45) is 5.62. The van der Waals surface area contributed by atoms with E-state index in [1.54, 1.807) is 36.6 Å². The zero-order chi connectivity index (χ0) is 15.8. The van der Waals surface area contributed by atoms with Gasteiger partial charge in [-0.05, 0) is 43.0 Å². The van der Waals surface area contributed by atoms with Crippen molar-refractivity contribution >= 4 is 27.8 Å². The highest BCUT2D eigenvalue weighted by Gasteiger charge is 2.22. The number of fused-ring (bicyclic) bond motifs is 3. The molecule has 0 amide bonds. The number of nitrogens with zero attached hydrogens (tertiary/aromatic N) is 2. The van der Waals surface area contributed by atoms with Gasteiger partial charge in [-0.25, -0.2) is 9.97 Å². The topological polar surface area (TPSA) is 61.3 Å². The van der Waals surface area contributed by atoms with Crippen LogP contribution in [0.1, 0.15) is 27.2 Å². The number of carbonyl (C=O) groups excluding carboxylic acids is 1. The molecule has 0 N–H and O–H groups in total. The molecule has 0 bridgehead atoms. The number of hydrogen-bond donors (Lipinski definition) is 0. The van der Waals surface area contributed by atoms with Gasteiger partial charge in [0.15, 0.2) is 11.5 Å². The highest BCUT2D eigenvalue weighted by Crippen LogP contribution is 2.42. The van der Waals surface area contributed by atoms with E-state index in [-0.39, 0.29) is 0 Å². The van der Waals surface area contributed by atoms with Gasteiger partial charge in [-0.3, -0.25) is 4.79 Å². The number of aldehydes is 1. The van der Waals surface area contributed by atoms with E-state index >= 15 is 0 Å². The molecule has 1 aliphatic rings. The molecule has 116 valence electrons. The molecule has 0 saturated heterocycles. The minimum Gasteiger partial charge on any atom is -0.493 e. The lowest BCUT2D eigenvalue weighted by molar-refractivity contribution is 0.112. The lowest BCUT2D eigenvalue weighted by Crippen LogP contribution is -1.95. The summed E-state index contributed by atoms with van der Waals surface area (Å²) >= 11 is 1.72. The van der Waals surface area contributed by atoms with Crippen LogP contribution < -0.4 is 9.47 Å². The summed E-state index contributed by atoms with van der Waals surface area (Å²) in [5.74, 6) is 1.59. The average Bonchev–Trinajstić information content (AvgIpc) is 3.16. The van der Waals surface area contributed by atoms with Gasteiger partial charge in [-0.1, -0.05) is 0 Å². The Balaban J connectivity index is 1.80. The lowest BCUT2D eigenvalue weighted by atomic mass is 10.2. The molecule has 0 saturated carbocycles. The number of ether oxygens (including phenoxy) is 2. The van der Waals surface area contributed by atoms with Crippen LogP contribution in [0.4, 0.5) is 0 Å². The molecule has 6 heteroatoms. The Morgan fingerprint density at radius 2 is 2.13 bits per heavy atom. The molecule has 23 heavy (non-hydrogen) atoms.